The summed E-state index contributed by atoms with van der Waals surface area (Å²) >= 11 is 0. The average Bonchev–Trinajstić information content (AvgIpc) is 3.55. The highest BCUT2D eigenvalue weighted by Gasteiger charge is 2.69. The Morgan fingerprint density at radius 1 is 1.27 bits per heavy atom. The number of aromatic nitrogens is 3. The standard InChI is InChI=1S/C22H27N5O6/c1-21(2)31-17-16(14-8-9-15-19(23)25-12-26-27(14)15)32-22(24-3,18(17)33-21)11-30-20(28)29-10-13-6-4-5-7-13/h8-9,12-13,16-18H,4-7,10-11H2,1-2H3,(H2,23,25,26)/t16-,17-,18-,22+/m0/s1. The van der Waals surface area contributed by atoms with Gasteiger partial charge in [-0.1, -0.05) is 12.8 Å². The fourth-order valence-electron chi connectivity index (χ4n) is 4.94. The zero-order chi connectivity index (χ0) is 23.2. The molecular weight excluding hydrogens is 430 g/mol. The van der Waals surface area contributed by atoms with E-state index in [1.807, 2.05) is 0 Å². The Bertz CT molecular complexity index is 1090. The molecule has 5 rings (SSSR count). The lowest BCUT2D eigenvalue weighted by Crippen LogP contribution is -2.45. The highest BCUT2D eigenvalue weighted by atomic mass is 16.8. The van der Waals surface area contributed by atoms with Crippen LogP contribution in [0.1, 0.15) is 51.3 Å². The first-order valence-corrected chi connectivity index (χ1v) is 11.1. The van der Waals surface area contributed by atoms with Gasteiger partial charge < -0.3 is 24.7 Å². The summed E-state index contributed by atoms with van der Waals surface area (Å²) < 4.78 is 30.6. The highest BCUT2D eigenvalue weighted by molar-refractivity contribution is 5.65. The van der Waals surface area contributed by atoms with Gasteiger partial charge in [-0.25, -0.2) is 20.9 Å². The lowest BCUT2D eigenvalue weighted by atomic mass is 10.0. The SMILES string of the molecule is [C-]#[N+][C@]1(COC(=O)OCC2CCCC2)O[C@@H](c2ccc3c(N)ncnn23)[C@@H]2OC(C)(C)O[C@@H]21. The number of anilines is 1. The molecule has 33 heavy (non-hydrogen) atoms. The monoisotopic (exact) mass is 457 g/mol. The molecule has 2 N–H and O–H groups in total. The third-order valence-electron chi connectivity index (χ3n) is 6.50. The van der Waals surface area contributed by atoms with E-state index in [0.717, 1.165) is 25.7 Å². The molecule has 2 aromatic heterocycles. The maximum Gasteiger partial charge on any atom is 0.508 e. The van der Waals surface area contributed by atoms with E-state index in [2.05, 4.69) is 14.9 Å². The maximum atomic E-state index is 12.2. The number of carbonyl (C=O) groups excluding carboxylic acids is 1. The number of nitrogen functional groups attached to an aromatic ring is 1. The van der Waals surface area contributed by atoms with Crippen molar-refractivity contribution in [1.82, 2.24) is 14.6 Å². The van der Waals surface area contributed by atoms with Crippen LogP contribution in [0.3, 0.4) is 0 Å². The van der Waals surface area contributed by atoms with Gasteiger partial charge in [-0.15, -0.1) is 0 Å². The van der Waals surface area contributed by atoms with Gasteiger partial charge in [0.2, 0.25) is 6.61 Å². The molecule has 0 bridgehead atoms. The predicted octanol–water partition coefficient (Wildman–Crippen LogP) is 2.86. The molecule has 0 amide bonds. The highest BCUT2D eigenvalue weighted by Crippen LogP contribution is 2.51. The molecule has 1 saturated carbocycles. The maximum absolute atomic E-state index is 12.2. The minimum Gasteiger partial charge on any atom is -0.434 e. The number of nitrogens with two attached hydrogens (primary N) is 1. The molecule has 3 aliphatic rings. The number of rotatable bonds is 5. The van der Waals surface area contributed by atoms with Gasteiger partial charge in [0.1, 0.15) is 24.1 Å². The van der Waals surface area contributed by atoms with Gasteiger partial charge in [0, 0.05) is 0 Å². The first kappa shape index (κ1) is 21.9. The second-order valence-electron chi connectivity index (χ2n) is 9.22. The number of ether oxygens (including phenoxy) is 5. The van der Waals surface area contributed by atoms with E-state index >= 15 is 0 Å². The first-order chi connectivity index (χ1) is 15.8. The van der Waals surface area contributed by atoms with Crippen molar-refractivity contribution in [3.05, 3.63) is 35.6 Å². The van der Waals surface area contributed by atoms with Crippen LogP contribution < -0.4 is 5.73 Å². The van der Waals surface area contributed by atoms with Crippen LogP contribution in [0.15, 0.2) is 18.5 Å². The minimum absolute atomic E-state index is 0.319. The summed E-state index contributed by atoms with van der Waals surface area (Å²) in [6.45, 7) is 11.4. The summed E-state index contributed by atoms with van der Waals surface area (Å²) in [5.74, 6) is -0.259. The molecule has 4 atom stereocenters. The summed E-state index contributed by atoms with van der Waals surface area (Å²) in [6.07, 6.45) is 2.81. The van der Waals surface area contributed by atoms with Gasteiger partial charge in [-0.2, -0.15) is 5.10 Å². The van der Waals surface area contributed by atoms with Crippen molar-refractivity contribution >= 4 is 17.5 Å². The molecule has 2 saturated heterocycles. The van der Waals surface area contributed by atoms with Crippen molar-refractivity contribution in [2.24, 2.45) is 5.92 Å². The zero-order valence-electron chi connectivity index (χ0n) is 18.6. The van der Waals surface area contributed by atoms with Crippen LogP contribution in [0.25, 0.3) is 10.4 Å². The van der Waals surface area contributed by atoms with E-state index in [1.54, 1.807) is 30.5 Å². The van der Waals surface area contributed by atoms with E-state index in [4.69, 9.17) is 36.0 Å². The number of hydrogen-bond donors (Lipinski definition) is 1. The molecule has 3 fully saturated rings. The number of hydrogen-bond acceptors (Lipinski definition) is 9. The van der Waals surface area contributed by atoms with Gasteiger partial charge in [0.25, 0.3) is 0 Å². The normalized spacial score (nSPS) is 30.9. The Balaban J connectivity index is 1.37. The van der Waals surface area contributed by atoms with E-state index in [9.17, 15) is 4.79 Å². The van der Waals surface area contributed by atoms with Gasteiger partial charge in [-0.3, -0.25) is 9.58 Å². The molecule has 11 heteroatoms. The van der Waals surface area contributed by atoms with Gasteiger partial charge in [0.15, 0.2) is 17.7 Å². The first-order valence-electron chi connectivity index (χ1n) is 11.1. The van der Waals surface area contributed by atoms with Crippen molar-refractivity contribution < 1.29 is 28.5 Å². The van der Waals surface area contributed by atoms with E-state index in [-0.39, 0.29) is 6.61 Å². The minimum atomic E-state index is -1.60. The second-order valence-corrected chi connectivity index (χ2v) is 9.22. The third-order valence-corrected chi connectivity index (χ3v) is 6.50. The molecule has 0 radical (unpaired) electrons. The van der Waals surface area contributed by atoms with E-state index in [0.29, 0.717) is 29.6 Å². The largest absolute Gasteiger partial charge is 0.508 e. The number of carbonyl (C=O) groups is 1. The molecule has 11 nitrogen and oxygen atoms in total. The Morgan fingerprint density at radius 3 is 2.82 bits per heavy atom. The van der Waals surface area contributed by atoms with Crippen LogP contribution in [0.5, 0.6) is 0 Å². The van der Waals surface area contributed by atoms with Gasteiger partial charge in [-0.05, 0) is 44.7 Å². The van der Waals surface area contributed by atoms with E-state index < -0.39 is 36.0 Å². The lowest BCUT2D eigenvalue weighted by molar-refractivity contribution is -0.208. The van der Waals surface area contributed by atoms with Crippen molar-refractivity contribution in [2.75, 3.05) is 18.9 Å². The average molecular weight is 457 g/mol. The van der Waals surface area contributed by atoms with Crippen LogP contribution in [0, 0.1) is 12.5 Å². The molecule has 4 heterocycles. The van der Waals surface area contributed by atoms with Crippen LogP contribution >= 0.6 is 0 Å². The number of fused-ring (bicyclic) bond motifs is 2. The van der Waals surface area contributed by atoms with Crippen LogP contribution in [0.4, 0.5) is 10.6 Å². The van der Waals surface area contributed by atoms with Crippen LogP contribution in [-0.4, -0.2) is 57.7 Å². The van der Waals surface area contributed by atoms with Crippen LogP contribution in [-0.2, 0) is 23.7 Å². The fraction of sp³-hybridized carbons (Fsp3) is 0.636. The van der Waals surface area contributed by atoms with E-state index in [1.165, 1.54) is 6.33 Å². The summed E-state index contributed by atoms with van der Waals surface area (Å²) in [5.41, 5.74) is 5.60. The van der Waals surface area contributed by atoms with Crippen molar-refractivity contribution in [2.45, 2.75) is 69.4 Å². The molecule has 1 aliphatic carbocycles. The summed E-state index contributed by atoms with van der Waals surface area (Å²) in [5, 5.41) is 4.27. The number of nitrogens with zero attached hydrogens (tertiary/aromatic N) is 4. The zero-order valence-corrected chi connectivity index (χ0v) is 18.6. The molecule has 0 unspecified atom stereocenters. The van der Waals surface area contributed by atoms with Crippen LogP contribution in [0.2, 0.25) is 0 Å². The second kappa shape index (κ2) is 8.13. The Kier molecular flexibility index (Phi) is 5.39. The lowest BCUT2D eigenvalue weighted by Gasteiger charge is -2.25. The molecule has 176 valence electrons. The van der Waals surface area contributed by atoms with Crippen molar-refractivity contribution in [3.63, 3.8) is 0 Å². The summed E-state index contributed by atoms with van der Waals surface area (Å²) in [6, 6.07) is 3.58. The van der Waals surface area contributed by atoms with Gasteiger partial charge in [0.05, 0.1) is 12.3 Å². The van der Waals surface area contributed by atoms with Crippen molar-refractivity contribution in [3.8, 4) is 0 Å². The summed E-state index contributed by atoms with van der Waals surface area (Å²) in [4.78, 5) is 20.0. The molecule has 0 aromatic carbocycles. The topological polar surface area (TPSA) is 124 Å². The predicted molar refractivity (Wildman–Crippen MR) is 114 cm³/mol. The fourth-order valence-corrected chi connectivity index (χ4v) is 4.94. The Morgan fingerprint density at radius 2 is 2.06 bits per heavy atom. The molecular formula is C22H27N5O6. The van der Waals surface area contributed by atoms with Crippen molar-refractivity contribution in [1.29, 1.82) is 0 Å². The van der Waals surface area contributed by atoms with Gasteiger partial charge >= 0.3 is 11.9 Å². The Labute approximate surface area is 190 Å². The quantitative estimate of drug-likeness (QED) is 0.533. The molecule has 2 aromatic rings. The smallest absolute Gasteiger partial charge is 0.434 e. The Hall–Kier alpha value is -2.94. The molecule has 2 aliphatic heterocycles. The molecule has 0 spiro atoms. The third kappa shape index (κ3) is 3.88. The summed E-state index contributed by atoms with van der Waals surface area (Å²) in [7, 11) is 0.